The first-order valence-electron chi connectivity index (χ1n) is 10.5. The summed E-state index contributed by atoms with van der Waals surface area (Å²) in [7, 11) is 0. The number of H-pyrrole nitrogens is 2. The standard InChI is InChI=1S/C25H24N6/c1-3-26-12-19-13-27-14-21(16(19)2)18-9-10-22-20(11-18)24(31-30-22)25-28-15-23(29-25)17-7-5-4-6-8-17/h4-11,13-15,26H,3,12H2,1-2H3,(H,28,29)(H,30,31). The number of hydrogen-bond acceptors (Lipinski definition) is 4. The molecule has 0 unspecified atom stereocenters. The van der Waals surface area contributed by atoms with E-state index in [2.05, 4.69) is 74.6 Å². The van der Waals surface area contributed by atoms with Gasteiger partial charge in [-0.25, -0.2) is 4.98 Å². The van der Waals surface area contributed by atoms with Crippen LogP contribution in [0.1, 0.15) is 18.1 Å². The molecular weight excluding hydrogens is 384 g/mol. The maximum absolute atomic E-state index is 4.59. The lowest BCUT2D eigenvalue weighted by atomic mass is 9.98. The van der Waals surface area contributed by atoms with Gasteiger partial charge in [-0.3, -0.25) is 10.1 Å². The van der Waals surface area contributed by atoms with E-state index in [0.29, 0.717) is 0 Å². The fraction of sp³-hybridized carbons (Fsp3) is 0.160. The number of rotatable bonds is 6. The molecule has 6 heteroatoms. The van der Waals surface area contributed by atoms with Crippen LogP contribution in [-0.4, -0.2) is 31.7 Å². The molecule has 6 nitrogen and oxygen atoms in total. The summed E-state index contributed by atoms with van der Waals surface area (Å²) in [6, 6.07) is 16.5. The van der Waals surface area contributed by atoms with Crippen molar-refractivity contribution < 1.29 is 0 Å². The quantitative estimate of drug-likeness (QED) is 0.365. The minimum absolute atomic E-state index is 0.748. The second kappa shape index (κ2) is 8.16. The fourth-order valence-corrected chi connectivity index (χ4v) is 3.87. The van der Waals surface area contributed by atoms with E-state index >= 15 is 0 Å². The normalized spacial score (nSPS) is 11.3. The Morgan fingerprint density at radius 2 is 1.84 bits per heavy atom. The Bertz CT molecular complexity index is 1330. The molecule has 0 bridgehead atoms. The molecule has 3 aromatic heterocycles. The number of aromatic amines is 2. The van der Waals surface area contributed by atoms with Crippen LogP contribution < -0.4 is 5.32 Å². The Morgan fingerprint density at radius 3 is 2.68 bits per heavy atom. The average Bonchev–Trinajstić information content (AvgIpc) is 3.46. The summed E-state index contributed by atoms with van der Waals surface area (Å²) in [4.78, 5) is 12.5. The zero-order valence-electron chi connectivity index (χ0n) is 17.6. The zero-order chi connectivity index (χ0) is 21.2. The zero-order valence-corrected chi connectivity index (χ0v) is 17.6. The number of imidazole rings is 1. The van der Waals surface area contributed by atoms with Crippen LogP contribution in [0.5, 0.6) is 0 Å². The van der Waals surface area contributed by atoms with Crippen LogP contribution in [0.4, 0.5) is 0 Å². The second-order valence-corrected chi connectivity index (χ2v) is 7.60. The van der Waals surface area contributed by atoms with Gasteiger partial charge in [-0.05, 0) is 47.9 Å². The highest BCUT2D eigenvalue weighted by Gasteiger charge is 2.15. The van der Waals surface area contributed by atoms with E-state index in [-0.39, 0.29) is 0 Å². The minimum Gasteiger partial charge on any atom is -0.337 e. The molecule has 2 aromatic carbocycles. The smallest absolute Gasteiger partial charge is 0.159 e. The van der Waals surface area contributed by atoms with Crippen molar-refractivity contribution in [1.29, 1.82) is 0 Å². The van der Waals surface area contributed by atoms with Gasteiger partial charge in [-0.2, -0.15) is 5.10 Å². The van der Waals surface area contributed by atoms with Crippen LogP contribution in [0.15, 0.2) is 67.1 Å². The number of fused-ring (bicyclic) bond motifs is 1. The average molecular weight is 409 g/mol. The Kier molecular flexibility index (Phi) is 5.06. The van der Waals surface area contributed by atoms with Gasteiger partial charge in [0.25, 0.3) is 0 Å². The van der Waals surface area contributed by atoms with Crippen molar-refractivity contribution in [1.82, 2.24) is 30.5 Å². The van der Waals surface area contributed by atoms with Gasteiger partial charge in [-0.15, -0.1) is 0 Å². The number of nitrogens with one attached hydrogen (secondary N) is 3. The molecule has 5 aromatic rings. The van der Waals surface area contributed by atoms with Crippen molar-refractivity contribution in [2.24, 2.45) is 0 Å². The third-order valence-electron chi connectivity index (χ3n) is 5.64. The first-order valence-corrected chi connectivity index (χ1v) is 10.5. The first-order chi connectivity index (χ1) is 15.2. The number of nitrogens with zero attached hydrogens (tertiary/aromatic N) is 3. The predicted octanol–water partition coefficient (Wildman–Crippen LogP) is 5.10. The lowest BCUT2D eigenvalue weighted by Crippen LogP contribution is -2.13. The maximum atomic E-state index is 4.59. The summed E-state index contributed by atoms with van der Waals surface area (Å²) in [5.74, 6) is 0.748. The third-order valence-corrected chi connectivity index (χ3v) is 5.64. The highest BCUT2D eigenvalue weighted by molar-refractivity contribution is 5.94. The molecule has 0 amide bonds. The summed E-state index contributed by atoms with van der Waals surface area (Å²) in [5.41, 5.74) is 8.57. The number of hydrogen-bond donors (Lipinski definition) is 3. The van der Waals surface area contributed by atoms with E-state index in [9.17, 15) is 0 Å². The molecule has 31 heavy (non-hydrogen) atoms. The van der Waals surface area contributed by atoms with Gasteiger partial charge in [0.1, 0.15) is 5.69 Å². The van der Waals surface area contributed by atoms with E-state index in [0.717, 1.165) is 57.9 Å². The van der Waals surface area contributed by atoms with Crippen molar-refractivity contribution in [3.63, 3.8) is 0 Å². The molecule has 154 valence electrons. The molecular formula is C25H24N6. The molecule has 0 aliphatic carbocycles. The van der Waals surface area contributed by atoms with Gasteiger partial charge in [-0.1, -0.05) is 43.3 Å². The molecule has 3 heterocycles. The van der Waals surface area contributed by atoms with Crippen molar-refractivity contribution in [3.05, 3.63) is 78.2 Å². The summed E-state index contributed by atoms with van der Waals surface area (Å²) in [6.45, 7) is 6.01. The van der Waals surface area contributed by atoms with Crippen LogP contribution in [0.25, 0.3) is 44.8 Å². The molecule has 0 fully saturated rings. The van der Waals surface area contributed by atoms with Gasteiger partial charge in [0.2, 0.25) is 0 Å². The monoisotopic (exact) mass is 408 g/mol. The molecule has 0 atom stereocenters. The van der Waals surface area contributed by atoms with E-state index in [1.165, 1.54) is 11.1 Å². The third kappa shape index (κ3) is 3.62. The fourth-order valence-electron chi connectivity index (χ4n) is 3.87. The highest BCUT2D eigenvalue weighted by Crippen LogP contribution is 2.32. The molecule has 0 radical (unpaired) electrons. The van der Waals surface area contributed by atoms with Crippen LogP contribution in [0.2, 0.25) is 0 Å². The molecule has 0 saturated carbocycles. The topological polar surface area (TPSA) is 82.3 Å². The summed E-state index contributed by atoms with van der Waals surface area (Å²) >= 11 is 0. The number of pyridine rings is 1. The van der Waals surface area contributed by atoms with E-state index in [1.807, 2.05) is 36.8 Å². The second-order valence-electron chi connectivity index (χ2n) is 7.60. The Morgan fingerprint density at radius 1 is 0.968 bits per heavy atom. The minimum atomic E-state index is 0.748. The van der Waals surface area contributed by atoms with Gasteiger partial charge in [0, 0.05) is 29.9 Å². The summed E-state index contributed by atoms with van der Waals surface area (Å²) < 4.78 is 0. The highest BCUT2D eigenvalue weighted by atomic mass is 15.1. The first kappa shape index (κ1) is 19.2. The molecule has 0 saturated heterocycles. The van der Waals surface area contributed by atoms with Gasteiger partial charge in [0.05, 0.1) is 17.4 Å². The lowest BCUT2D eigenvalue weighted by Gasteiger charge is -2.11. The number of benzene rings is 2. The van der Waals surface area contributed by atoms with Gasteiger partial charge in [0.15, 0.2) is 5.82 Å². The summed E-state index contributed by atoms with van der Waals surface area (Å²) in [6.07, 6.45) is 5.73. The van der Waals surface area contributed by atoms with Crippen molar-refractivity contribution in [2.45, 2.75) is 20.4 Å². The SMILES string of the molecule is CCNCc1cncc(-c2ccc3[nH]nc(-c4ncc(-c5ccccc5)[nH]4)c3c2)c1C. The lowest BCUT2D eigenvalue weighted by molar-refractivity contribution is 0.721. The summed E-state index contributed by atoms with van der Waals surface area (Å²) in [5, 5.41) is 12.1. The van der Waals surface area contributed by atoms with E-state index in [1.54, 1.807) is 0 Å². The van der Waals surface area contributed by atoms with Crippen LogP contribution >= 0.6 is 0 Å². The van der Waals surface area contributed by atoms with Gasteiger partial charge >= 0.3 is 0 Å². The molecule has 0 spiro atoms. The van der Waals surface area contributed by atoms with Crippen molar-refractivity contribution in [3.8, 4) is 33.9 Å². The molecule has 0 aliphatic heterocycles. The largest absolute Gasteiger partial charge is 0.337 e. The molecule has 5 rings (SSSR count). The van der Waals surface area contributed by atoms with Crippen LogP contribution in [0, 0.1) is 6.92 Å². The Labute approximate surface area is 180 Å². The van der Waals surface area contributed by atoms with E-state index in [4.69, 9.17) is 0 Å². The van der Waals surface area contributed by atoms with Crippen LogP contribution in [0.3, 0.4) is 0 Å². The Balaban J connectivity index is 1.55. The van der Waals surface area contributed by atoms with Crippen LogP contribution in [-0.2, 0) is 6.54 Å². The molecule has 0 aliphatic rings. The Hall–Kier alpha value is -3.77. The number of aromatic nitrogens is 5. The van der Waals surface area contributed by atoms with Crippen molar-refractivity contribution in [2.75, 3.05) is 6.54 Å². The van der Waals surface area contributed by atoms with Gasteiger partial charge < -0.3 is 10.3 Å². The van der Waals surface area contributed by atoms with E-state index < -0.39 is 0 Å². The van der Waals surface area contributed by atoms with Crippen molar-refractivity contribution >= 4 is 10.9 Å². The maximum Gasteiger partial charge on any atom is 0.159 e. The predicted molar refractivity (Wildman–Crippen MR) is 124 cm³/mol. The molecule has 3 N–H and O–H groups in total.